The molecule has 1 aromatic rings. The van der Waals surface area contributed by atoms with E-state index < -0.39 is 16.0 Å². The molecule has 0 fully saturated rings. The van der Waals surface area contributed by atoms with E-state index in [1.165, 1.54) is 0 Å². The van der Waals surface area contributed by atoms with Gasteiger partial charge in [-0.05, 0) is 38.5 Å². The summed E-state index contributed by atoms with van der Waals surface area (Å²) in [6, 6.07) is 6.92. The van der Waals surface area contributed by atoms with Gasteiger partial charge in [-0.15, -0.1) is 0 Å². The first-order chi connectivity index (χ1) is 8.45. The SMILES string of the molecule is CCC(C)NC(=O)C(C)S(=O)c1cccc(N)c1. The first kappa shape index (κ1) is 14.7. The predicted octanol–water partition coefficient (Wildman–Crippen LogP) is 1.68. The van der Waals surface area contributed by atoms with Crippen LogP contribution < -0.4 is 11.1 Å². The maximum Gasteiger partial charge on any atom is 0.236 e. The molecule has 3 atom stereocenters. The number of carbonyl (C=O) groups excluding carboxylic acids is 1. The van der Waals surface area contributed by atoms with Gasteiger partial charge in [0.1, 0.15) is 5.25 Å². The number of nitrogen functional groups attached to an aromatic ring is 1. The van der Waals surface area contributed by atoms with Crippen molar-refractivity contribution in [2.24, 2.45) is 0 Å². The van der Waals surface area contributed by atoms with E-state index in [2.05, 4.69) is 5.32 Å². The Balaban J connectivity index is 2.75. The summed E-state index contributed by atoms with van der Waals surface area (Å²) in [7, 11) is -1.38. The predicted molar refractivity (Wildman–Crippen MR) is 74.6 cm³/mol. The first-order valence-electron chi connectivity index (χ1n) is 6.02. The molecule has 4 nitrogen and oxygen atoms in total. The van der Waals surface area contributed by atoms with Gasteiger partial charge in [0, 0.05) is 16.6 Å². The van der Waals surface area contributed by atoms with E-state index in [0.717, 1.165) is 6.42 Å². The van der Waals surface area contributed by atoms with Crippen molar-refractivity contribution in [3.05, 3.63) is 24.3 Å². The van der Waals surface area contributed by atoms with E-state index in [1.807, 2.05) is 13.8 Å². The third-order valence-electron chi connectivity index (χ3n) is 2.78. The quantitative estimate of drug-likeness (QED) is 0.798. The number of nitrogens with one attached hydrogen (secondary N) is 1. The largest absolute Gasteiger partial charge is 0.399 e. The fourth-order valence-electron chi connectivity index (χ4n) is 1.40. The molecule has 1 rings (SSSR count). The molecule has 5 heteroatoms. The maximum absolute atomic E-state index is 12.2. The second-order valence-electron chi connectivity index (χ2n) is 4.33. The number of anilines is 1. The number of carbonyl (C=O) groups is 1. The van der Waals surface area contributed by atoms with Crippen molar-refractivity contribution in [1.29, 1.82) is 0 Å². The topological polar surface area (TPSA) is 72.2 Å². The highest BCUT2D eigenvalue weighted by Gasteiger charge is 2.22. The zero-order chi connectivity index (χ0) is 13.7. The fourth-order valence-corrected chi connectivity index (χ4v) is 2.54. The summed E-state index contributed by atoms with van der Waals surface area (Å²) < 4.78 is 12.2. The van der Waals surface area contributed by atoms with Crippen molar-refractivity contribution < 1.29 is 9.00 Å². The fraction of sp³-hybridized carbons (Fsp3) is 0.462. The number of benzene rings is 1. The van der Waals surface area contributed by atoms with E-state index >= 15 is 0 Å². The van der Waals surface area contributed by atoms with Crippen LogP contribution in [0.25, 0.3) is 0 Å². The molecule has 0 radical (unpaired) electrons. The van der Waals surface area contributed by atoms with Gasteiger partial charge in [-0.1, -0.05) is 13.0 Å². The Kier molecular flexibility index (Phi) is 5.34. The van der Waals surface area contributed by atoms with Crippen molar-refractivity contribution in [2.45, 2.75) is 43.4 Å². The van der Waals surface area contributed by atoms with Gasteiger partial charge in [0.2, 0.25) is 5.91 Å². The van der Waals surface area contributed by atoms with Crippen LogP contribution in [-0.4, -0.2) is 21.4 Å². The molecule has 0 spiro atoms. The van der Waals surface area contributed by atoms with Crippen LogP contribution in [0.15, 0.2) is 29.2 Å². The van der Waals surface area contributed by atoms with Crippen molar-refractivity contribution in [3.8, 4) is 0 Å². The zero-order valence-corrected chi connectivity index (χ0v) is 11.8. The third-order valence-corrected chi connectivity index (χ3v) is 4.36. The number of hydrogen-bond acceptors (Lipinski definition) is 3. The minimum atomic E-state index is -1.38. The van der Waals surface area contributed by atoms with Crippen molar-refractivity contribution in [3.63, 3.8) is 0 Å². The van der Waals surface area contributed by atoms with Crippen molar-refractivity contribution in [1.82, 2.24) is 5.32 Å². The van der Waals surface area contributed by atoms with Gasteiger partial charge >= 0.3 is 0 Å². The van der Waals surface area contributed by atoms with Gasteiger partial charge in [-0.3, -0.25) is 9.00 Å². The molecule has 18 heavy (non-hydrogen) atoms. The maximum atomic E-state index is 12.2. The average Bonchev–Trinajstić information content (AvgIpc) is 2.36. The summed E-state index contributed by atoms with van der Waals surface area (Å²) in [5.74, 6) is -0.190. The Morgan fingerprint density at radius 2 is 2.11 bits per heavy atom. The molecule has 0 heterocycles. The van der Waals surface area contributed by atoms with Crippen LogP contribution in [-0.2, 0) is 15.6 Å². The summed E-state index contributed by atoms with van der Waals surface area (Å²) >= 11 is 0. The van der Waals surface area contributed by atoms with Crippen LogP contribution >= 0.6 is 0 Å². The lowest BCUT2D eigenvalue weighted by atomic mass is 10.2. The molecule has 100 valence electrons. The van der Waals surface area contributed by atoms with Gasteiger partial charge in [0.25, 0.3) is 0 Å². The number of amides is 1. The lowest BCUT2D eigenvalue weighted by molar-refractivity contribution is -0.120. The normalized spacial score (nSPS) is 15.7. The average molecular weight is 268 g/mol. The van der Waals surface area contributed by atoms with Gasteiger partial charge in [-0.25, -0.2) is 0 Å². The summed E-state index contributed by atoms with van der Waals surface area (Å²) in [4.78, 5) is 12.5. The second-order valence-corrected chi connectivity index (χ2v) is 6.10. The molecule has 3 N–H and O–H groups in total. The first-order valence-corrected chi connectivity index (χ1v) is 7.23. The summed E-state index contributed by atoms with van der Waals surface area (Å²) in [6.07, 6.45) is 0.851. The van der Waals surface area contributed by atoms with E-state index in [0.29, 0.717) is 10.6 Å². The Bertz CT molecular complexity index is 448. The van der Waals surface area contributed by atoms with Gasteiger partial charge in [0.05, 0.1) is 10.8 Å². The molecule has 0 bridgehead atoms. The van der Waals surface area contributed by atoms with E-state index in [-0.39, 0.29) is 11.9 Å². The van der Waals surface area contributed by atoms with Gasteiger partial charge < -0.3 is 11.1 Å². The van der Waals surface area contributed by atoms with Crippen LogP contribution in [0.2, 0.25) is 0 Å². The highest BCUT2D eigenvalue weighted by Crippen LogP contribution is 2.14. The smallest absolute Gasteiger partial charge is 0.236 e. The number of hydrogen-bond donors (Lipinski definition) is 2. The molecule has 0 aliphatic carbocycles. The van der Waals surface area contributed by atoms with Crippen LogP contribution in [0, 0.1) is 0 Å². The molecule has 3 unspecified atom stereocenters. The minimum Gasteiger partial charge on any atom is -0.399 e. The molecule has 1 amide bonds. The molecule has 0 aliphatic heterocycles. The van der Waals surface area contributed by atoms with Crippen molar-refractivity contribution in [2.75, 3.05) is 5.73 Å². The Morgan fingerprint density at radius 1 is 1.44 bits per heavy atom. The zero-order valence-electron chi connectivity index (χ0n) is 11.0. The van der Waals surface area contributed by atoms with Crippen LogP contribution in [0.1, 0.15) is 27.2 Å². The van der Waals surface area contributed by atoms with Gasteiger partial charge in [0.15, 0.2) is 0 Å². The highest BCUT2D eigenvalue weighted by atomic mass is 32.2. The lowest BCUT2D eigenvalue weighted by Crippen LogP contribution is -2.40. The summed E-state index contributed by atoms with van der Waals surface area (Å²) in [5.41, 5.74) is 6.19. The molecular weight excluding hydrogens is 248 g/mol. The molecule has 1 aromatic carbocycles. The van der Waals surface area contributed by atoms with Crippen LogP contribution in [0.3, 0.4) is 0 Å². The molecular formula is C13H20N2O2S. The molecule has 0 aromatic heterocycles. The van der Waals surface area contributed by atoms with Crippen LogP contribution in [0.5, 0.6) is 0 Å². The lowest BCUT2D eigenvalue weighted by Gasteiger charge is -2.16. The second kappa shape index (κ2) is 6.54. The Hall–Kier alpha value is -1.36. The molecule has 0 saturated heterocycles. The minimum absolute atomic E-state index is 0.0952. The van der Waals surface area contributed by atoms with E-state index in [4.69, 9.17) is 5.73 Å². The molecule has 0 aliphatic rings. The Morgan fingerprint density at radius 3 is 2.67 bits per heavy atom. The van der Waals surface area contributed by atoms with Crippen molar-refractivity contribution >= 4 is 22.4 Å². The highest BCUT2D eigenvalue weighted by molar-refractivity contribution is 7.86. The number of nitrogens with two attached hydrogens (primary N) is 1. The van der Waals surface area contributed by atoms with E-state index in [1.54, 1.807) is 31.2 Å². The van der Waals surface area contributed by atoms with Crippen LogP contribution in [0.4, 0.5) is 5.69 Å². The monoisotopic (exact) mass is 268 g/mol. The van der Waals surface area contributed by atoms with Gasteiger partial charge in [-0.2, -0.15) is 0 Å². The Labute approximate surface area is 110 Å². The number of rotatable bonds is 5. The standard InChI is InChI=1S/C13H20N2O2S/c1-4-9(2)15-13(16)10(3)18(17)12-7-5-6-11(14)8-12/h5-10H,4,14H2,1-3H3,(H,15,16). The summed E-state index contributed by atoms with van der Waals surface area (Å²) in [6.45, 7) is 5.58. The van der Waals surface area contributed by atoms with E-state index in [9.17, 15) is 9.00 Å². The molecule has 0 saturated carbocycles. The third kappa shape index (κ3) is 3.84. The summed E-state index contributed by atoms with van der Waals surface area (Å²) in [5, 5.41) is 2.25.